The molecule has 0 fully saturated rings. The second-order valence-corrected chi connectivity index (χ2v) is 4.78. The van der Waals surface area contributed by atoms with Crippen molar-refractivity contribution in [1.82, 2.24) is 4.90 Å². The first-order valence-electron chi connectivity index (χ1n) is 6.38. The van der Waals surface area contributed by atoms with Crippen LogP contribution in [0.5, 0.6) is 0 Å². The number of rotatable bonds is 3. The van der Waals surface area contributed by atoms with E-state index in [1.165, 1.54) is 0 Å². The standard InChI is InChI=1S/C15H20FN/c1-3-8-17-9-4-5-13(11-17)14-7-6-12(2)10-15(14)16/h5-7,10H,3-4,8-9,11H2,1-2H3. The number of aryl methyl sites for hydroxylation is 1. The lowest BCUT2D eigenvalue weighted by Gasteiger charge is -2.27. The fourth-order valence-corrected chi connectivity index (χ4v) is 2.39. The molecule has 2 heteroatoms. The van der Waals surface area contributed by atoms with Crippen LogP contribution in [0.15, 0.2) is 24.3 Å². The zero-order chi connectivity index (χ0) is 12.3. The molecule has 0 atom stereocenters. The van der Waals surface area contributed by atoms with Gasteiger partial charge in [-0.25, -0.2) is 4.39 Å². The number of hydrogen-bond donors (Lipinski definition) is 0. The number of hydrogen-bond acceptors (Lipinski definition) is 1. The zero-order valence-corrected chi connectivity index (χ0v) is 10.7. The second-order valence-electron chi connectivity index (χ2n) is 4.78. The van der Waals surface area contributed by atoms with E-state index in [0.717, 1.165) is 49.2 Å². The maximum atomic E-state index is 13.9. The Kier molecular flexibility index (Phi) is 3.95. The minimum Gasteiger partial charge on any atom is -0.299 e. The Morgan fingerprint density at radius 2 is 2.18 bits per heavy atom. The summed E-state index contributed by atoms with van der Waals surface area (Å²) in [7, 11) is 0. The third-order valence-electron chi connectivity index (χ3n) is 3.24. The van der Waals surface area contributed by atoms with Gasteiger partial charge in [-0.1, -0.05) is 25.1 Å². The lowest BCUT2D eigenvalue weighted by molar-refractivity contribution is 0.305. The maximum Gasteiger partial charge on any atom is 0.131 e. The molecule has 92 valence electrons. The van der Waals surface area contributed by atoms with Gasteiger partial charge in [-0.15, -0.1) is 0 Å². The molecule has 0 spiro atoms. The van der Waals surface area contributed by atoms with Crippen LogP contribution >= 0.6 is 0 Å². The molecule has 2 rings (SSSR count). The molecule has 0 bridgehead atoms. The molecule has 0 unspecified atom stereocenters. The van der Waals surface area contributed by atoms with Gasteiger partial charge in [0.1, 0.15) is 5.82 Å². The van der Waals surface area contributed by atoms with Crippen molar-refractivity contribution >= 4 is 5.57 Å². The van der Waals surface area contributed by atoms with Gasteiger partial charge in [0.15, 0.2) is 0 Å². The van der Waals surface area contributed by atoms with Crippen LogP contribution in [0.1, 0.15) is 30.9 Å². The smallest absolute Gasteiger partial charge is 0.131 e. The van der Waals surface area contributed by atoms with Crippen LogP contribution in [0, 0.1) is 12.7 Å². The van der Waals surface area contributed by atoms with E-state index >= 15 is 0 Å². The van der Waals surface area contributed by atoms with E-state index < -0.39 is 0 Å². The van der Waals surface area contributed by atoms with E-state index in [4.69, 9.17) is 0 Å². The van der Waals surface area contributed by atoms with Crippen molar-refractivity contribution in [2.24, 2.45) is 0 Å². The summed E-state index contributed by atoms with van der Waals surface area (Å²) in [5, 5.41) is 0. The maximum absolute atomic E-state index is 13.9. The first-order chi connectivity index (χ1) is 8.20. The van der Waals surface area contributed by atoms with Gasteiger partial charge in [-0.3, -0.25) is 4.90 Å². The molecule has 0 N–H and O–H groups in total. The minimum atomic E-state index is -0.0883. The highest BCUT2D eigenvalue weighted by atomic mass is 19.1. The molecule has 1 heterocycles. The molecule has 0 amide bonds. The monoisotopic (exact) mass is 233 g/mol. The Bertz CT molecular complexity index is 423. The van der Waals surface area contributed by atoms with Gasteiger partial charge in [0.2, 0.25) is 0 Å². The van der Waals surface area contributed by atoms with Crippen molar-refractivity contribution < 1.29 is 4.39 Å². The van der Waals surface area contributed by atoms with E-state index in [1.54, 1.807) is 6.07 Å². The van der Waals surface area contributed by atoms with Gasteiger partial charge in [-0.2, -0.15) is 0 Å². The van der Waals surface area contributed by atoms with Gasteiger partial charge >= 0.3 is 0 Å². The summed E-state index contributed by atoms with van der Waals surface area (Å²) >= 11 is 0. The number of nitrogens with zero attached hydrogens (tertiary/aromatic N) is 1. The van der Waals surface area contributed by atoms with Crippen molar-refractivity contribution in [1.29, 1.82) is 0 Å². The lowest BCUT2D eigenvalue weighted by atomic mass is 9.99. The second kappa shape index (κ2) is 5.46. The highest BCUT2D eigenvalue weighted by Crippen LogP contribution is 2.24. The van der Waals surface area contributed by atoms with Crippen LogP contribution in [-0.4, -0.2) is 24.5 Å². The van der Waals surface area contributed by atoms with E-state index in [0.29, 0.717) is 0 Å². The summed E-state index contributed by atoms with van der Waals surface area (Å²) in [6.07, 6.45) is 4.37. The first kappa shape index (κ1) is 12.3. The molecule has 0 aliphatic carbocycles. The summed E-state index contributed by atoms with van der Waals surface area (Å²) in [5.74, 6) is -0.0883. The molecule has 1 nitrogen and oxygen atoms in total. The fraction of sp³-hybridized carbons (Fsp3) is 0.467. The molecule has 0 radical (unpaired) electrons. The van der Waals surface area contributed by atoms with Gasteiger partial charge in [0.05, 0.1) is 0 Å². The molecule has 1 aliphatic rings. The van der Waals surface area contributed by atoms with Gasteiger partial charge in [-0.05, 0) is 43.5 Å². The lowest BCUT2D eigenvalue weighted by Crippen LogP contribution is -2.30. The number of benzene rings is 1. The van der Waals surface area contributed by atoms with Crippen molar-refractivity contribution in [2.75, 3.05) is 19.6 Å². The number of halogens is 1. The average molecular weight is 233 g/mol. The molecule has 17 heavy (non-hydrogen) atoms. The Morgan fingerprint density at radius 1 is 1.35 bits per heavy atom. The Morgan fingerprint density at radius 3 is 2.88 bits per heavy atom. The predicted octanol–water partition coefficient (Wildman–Crippen LogP) is 3.63. The van der Waals surface area contributed by atoms with Crippen molar-refractivity contribution in [3.8, 4) is 0 Å². The summed E-state index contributed by atoms with van der Waals surface area (Å²) < 4.78 is 13.9. The summed E-state index contributed by atoms with van der Waals surface area (Å²) in [5.41, 5.74) is 2.90. The van der Waals surface area contributed by atoms with Gasteiger partial charge in [0, 0.05) is 18.7 Å². The van der Waals surface area contributed by atoms with E-state index in [1.807, 2.05) is 19.1 Å². The molecule has 0 saturated heterocycles. The van der Waals surface area contributed by atoms with E-state index in [-0.39, 0.29) is 5.82 Å². The van der Waals surface area contributed by atoms with Crippen LogP contribution in [0.4, 0.5) is 4.39 Å². The highest BCUT2D eigenvalue weighted by molar-refractivity contribution is 5.68. The Labute approximate surface area is 103 Å². The quantitative estimate of drug-likeness (QED) is 0.770. The van der Waals surface area contributed by atoms with Crippen molar-refractivity contribution in [2.45, 2.75) is 26.7 Å². The highest BCUT2D eigenvalue weighted by Gasteiger charge is 2.15. The largest absolute Gasteiger partial charge is 0.299 e. The van der Waals surface area contributed by atoms with Crippen LogP contribution in [-0.2, 0) is 0 Å². The molecular formula is C15H20FN. The minimum absolute atomic E-state index is 0.0883. The van der Waals surface area contributed by atoms with E-state index in [2.05, 4.69) is 17.9 Å². The zero-order valence-electron chi connectivity index (χ0n) is 10.7. The predicted molar refractivity (Wildman–Crippen MR) is 70.5 cm³/mol. The van der Waals surface area contributed by atoms with Crippen molar-refractivity contribution in [3.63, 3.8) is 0 Å². The third-order valence-corrected chi connectivity index (χ3v) is 3.24. The fourth-order valence-electron chi connectivity index (χ4n) is 2.39. The van der Waals surface area contributed by atoms with Crippen LogP contribution in [0.2, 0.25) is 0 Å². The third kappa shape index (κ3) is 2.95. The Hall–Kier alpha value is -1.15. The molecule has 1 aliphatic heterocycles. The summed E-state index contributed by atoms with van der Waals surface area (Å²) in [4.78, 5) is 2.40. The average Bonchev–Trinajstić information content (AvgIpc) is 2.29. The van der Waals surface area contributed by atoms with Gasteiger partial charge < -0.3 is 0 Å². The summed E-state index contributed by atoms with van der Waals surface area (Å²) in [6.45, 7) is 7.19. The van der Waals surface area contributed by atoms with Crippen LogP contribution in [0.3, 0.4) is 0 Å². The topological polar surface area (TPSA) is 3.24 Å². The molecule has 1 aromatic rings. The molecule has 0 saturated carbocycles. The summed E-state index contributed by atoms with van der Waals surface area (Å²) in [6, 6.07) is 5.51. The normalized spacial score (nSPS) is 17.0. The van der Waals surface area contributed by atoms with Crippen molar-refractivity contribution in [3.05, 3.63) is 41.2 Å². The molecule has 1 aromatic carbocycles. The Balaban J connectivity index is 2.19. The van der Waals surface area contributed by atoms with Crippen LogP contribution < -0.4 is 0 Å². The molecule has 0 aromatic heterocycles. The molecular weight excluding hydrogens is 213 g/mol. The first-order valence-corrected chi connectivity index (χ1v) is 6.38. The van der Waals surface area contributed by atoms with Gasteiger partial charge in [0.25, 0.3) is 0 Å². The van der Waals surface area contributed by atoms with Crippen LogP contribution in [0.25, 0.3) is 5.57 Å². The SMILES string of the molecule is CCCN1CCC=C(c2ccc(C)cc2F)C1. The van der Waals surface area contributed by atoms with E-state index in [9.17, 15) is 4.39 Å².